The van der Waals surface area contributed by atoms with Crippen LogP contribution in [0, 0.1) is 4.77 Å². The third kappa shape index (κ3) is 1.40. The zero-order valence-electron chi connectivity index (χ0n) is 8.62. The zero-order chi connectivity index (χ0) is 11.1. The van der Waals surface area contributed by atoms with Gasteiger partial charge in [-0.2, -0.15) is 0 Å². The topological polar surface area (TPSA) is 22.8 Å². The van der Waals surface area contributed by atoms with Crippen LogP contribution in [0.4, 0.5) is 0 Å². The van der Waals surface area contributed by atoms with Gasteiger partial charge < -0.3 is 4.57 Å². The summed E-state index contributed by atoms with van der Waals surface area (Å²) in [6, 6.07) is 8.11. The first-order valence-electron chi connectivity index (χ1n) is 4.85. The van der Waals surface area contributed by atoms with Gasteiger partial charge in [0.15, 0.2) is 9.90 Å². The number of thiazole rings is 1. The second-order valence-corrected chi connectivity index (χ2v) is 4.90. The summed E-state index contributed by atoms with van der Waals surface area (Å²) in [4.78, 5) is 4.56. The highest BCUT2D eigenvalue weighted by Gasteiger charge is 2.06. The summed E-state index contributed by atoms with van der Waals surface area (Å²) >= 11 is 6.96. The molecule has 0 saturated carbocycles. The Morgan fingerprint density at radius 3 is 2.75 bits per heavy atom. The van der Waals surface area contributed by atoms with Crippen molar-refractivity contribution in [2.24, 2.45) is 7.05 Å². The Bertz CT molecular complexity index is 672. The fourth-order valence-electron chi connectivity index (χ4n) is 1.57. The number of rotatable bonds is 1. The monoisotopic (exact) mass is 247 g/mol. The second kappa shape index (κ2) is 3.54. The Morgan fingerprint density at radius 2 is 2.06 bits per heavy atom. The number of aryl methyl sites for hydroxylation is 1. The summed E-state index contributed by atoms with van der Waals surface area (Å²) in [7, 11) is 1.94. The summed E-state index contributed by atoms with van der Waals surface area (Å²) in [5, 5.41) is 0.923. The van der Waals surface area contributed by atoms with E-state index in [1.807, 2.05) is 46.8 Å². The molecule has 3 aromatic rings. The van der Waals surface area contributed by atoms with Crippen molar-refractivity contribution in [2.45, 2.75) is 0 Å². The maximum Gasteiger partial charge on any atom is 0.197 e. The Labute approximate surface area is 102 Å². The summed E-state index contributed by atoms with van der Waals surface area (Å²) in [6.07, 6.45) is 3.88. The first kappa shape index (κ1) is 9.74. The van der Waals surface area contributed by atoms with Crippen molar-refractivity contribution < 1.29 is 0 Å². The van der Waals surface area contributed by atoms with Gasteiger partial charge in [-0.15, -0.1) is 0 Å². The maximum absolute atomic E-state index is 5.31. The van der Waals surface area contributed by atoms with E-state index in [9.17, 15) is 0 Å². The van der Waals surface area contributed by atoms with Gasteiger partial charge in [-0.3, -0.25) is 4.57 Å². The molecule has 0 aliphatic heterocycles. The van der Waals surface area contributed by atoms with E-state index in [2.05, 4.69) is 11.1 Å². The molecule has 2 aromatic heterocycles. The molecule has 0 radical (unpaired) electrons. The molecule has 0 atom stereocenters. The Morgan fingerprint density at radius 1 is 1.25 bits per heavy atom. The van der Waals surface area contributed by atoms with Crippen LogP contribution in [0.25, 0.3) is 15.3 Å². The average Bonchev–Trinajstić information content (AvgIpc) is 2.84. The Balaban J connectivity index is 2.27. The van der Waals surface area contributed by atoms with Crippen molar-refractivity contribution in [3.63, 3.8) is 0 Å². The number of benzene rings is 1. The van der Waals surface area contributed by atoms with Gasteiger partial charge in [0.2, 0.25) is 0 Å². The van der Waals surface area contributed by atoms with Crippen molar-refractivity contribution in [3.8, 4) is 5.13 Å². The molecule has 0 bridgehead atoms. The normalized spacial score (nSPS) is 11.1. The molecule has 80 valence electrons. The number of nitrogens with zero attached hydrogens (tertiary/aromatic N) is 3. The minimum atomic E-state index is 0.763. The molecule has 2 heterocycles. The van der Waals surface area contributed by atoms with E-state index in [1.54, 1.807) is 11.3 Å². The highest BCUT2D eigenvalue weighted by atomic mass is 32.1. The number of fused-ring (bicyclic) bond motifs is 1. The second-order valence-electron chi connectivity index (χ2n) is 3.53. The number of imidazole rings is 1. The van der Waals surface area contributed by atoms with E-state index in [-0.39, 0.29) is 0 Å². The number of para-hydroxylation sites is 1. The van der Waals surface area contributed by atoms with Gasteiger partial charge in [0.05, 0.1) is 10.2 Å². The van der Waals surface area contributed by atoms with Gasteiger partial charge in [-0.05, 0) is 24.4 Å². The molecule has 0 unspecified atom stereocenters. The molecule has 3 nitrogen and oxygen atoms in total. The first-order valence-corrected chi connectivity index (χ1v) is 6.08. The smallest absolute Gasteiger partial charge is 0.197 e. The molecule has 0 fully saturated rings. The lowest BCUT2D eigenvalue weighted by Crippen LogP contribution is -1.93. The van der Waals surface area contributed by atoms with Crippen LogP contribution in [0.1, 0.15) is 0 Å². The lowest BCUT2D eigenvalue weighted by atomic mass is 10.3. The number of aromatic nitrogens is 3. The van der Waals surface area contributed by atoms with Gasteiger partial charge in [-0.25, -0.2) is 4.98 Å². The molecular formula is C11H9N3S2. The van der Waals surface area contributed by atoms with Gasteiger partial charge in [0.1, 0.15) is 0 Å². The summed E-state index contributed by atoms with van der Waals surface area (Å²) in [5.41, 5.74) is 1.02. The van der Waals surface area contributed by atoms with Crippen LogP contribution in [0.3, 0.4) is 0 Å². The summed E-state index contributed by atoms with van der Waals surface area (Å²) < 4.78 is 5.78. The van der Waals surface area contributed by atoms with E-state index < -0.39 is 0 Å². The SMILES string of the molecule is Cn1ccn(-c2nc3ccccc3s2)c1=S. The lowest BCUT2D eigenvalue weighted by molar-refractivity contribution is 0.860. The fraction of sp³-hybridized carbons (Fsp3) is 0.0909. The Kier molecular flexibility index (Phi) is 2.15. The lowest BCUT2D eigenvalue weighted by Gasteiger charge is -1.94. The highest BCUT2D eigenvalue weighted by molar-refractivity contribution is 7.71. The zero-order valence-corrected chi connectivity index (χ0v) is 10.3. The van der Waals surface area contributed by atoms with E-state index in [0.717, 1.165) is 15.4 Å². The molecule has 0 amide bonds. The van der Waals surface area contributed by atoms with Gasteiger partial charge in [0, 0.05) is 19.4 Å². The fourth-order valence-corrected chi connectivity index (χ4v) is 2.79. The van der Waals surface area contributed by atoms with Gasteiger partial charge >= 0.3 is 0 Å². The van der Waals surface area contributed by atoms with E-state index >= 15 is 0 Å². The standard InChI is InChI=1S/C11H9N3S2/c1-13-6-7-14(11(13)15)10-12-8-4-2-3-5-9(8)16-10/h2-7H,1H3. The van der Waals surface area contributed by atoms with Crippen LogP contribution in [0.2, 0.25) is 0 Å². The number of hydrogen-bond acceptors (Lipinski definition) is 3. The third-order valence-electron chi connectivity index (χ3n) is 2.44. The van der Waals surface area contributed by atoms with Crippen LogP contribution >= 0.6 is 23.6 Å². The molecule has 0 aliphatic rings. The highest BCUT2D eigenvalue weighted by Crippen LogP contribution is 2.24. The predicted octanol–water partition coefficient (Wildman–Crippen LogP) is 3.15. The summed E-state index contributed by atoms with van der Waals surface area (Å²) in [6.45, 7) is 0. The molecule has 0 N–H and O–H groups in total. The van der Waals surface area contributed by atoms with E-state index in [0.29, 0.717) is 0 Å². The Hall–Kier alpha value is -1.46. The van der Waals surface area contributed by atoms with Crippen LogP contribution in [0.15, 0.2) is 36.7 Å². The van der Waals surface area contributed by atoms with Crippen LogP contribution in [0.5, 0.6) is 0 Å². The average molecular weight is 247 g/mol. The minimum Gasteiger partial charge on any atom is -0.326 e. The van der Waals surface area contributed by atoms with Gasteiger partial charge in [0.25, 0.3) is 0 Å². The quantitative estimate of drug-likeness (QED) is 0.616. The van der Waals surface area contributed by atoms with Crippen LogP contribution in [-0.4, -0.2) is 14.1 Å². The van der Waals surface area contributed by atoms with Crippen LogP contribution in [-0.2, 0) is 7.05 Å². The molecule has 0 spiro atoms. The predicted molar refractivity (Wildman–Crippen MR) is 68.8 cm³/mol. The molecule has 0 aliphatic carbocycles. The molecule has 3 rings (SSSR count). The van der Waals surface area contributed by atoms with Crippen molar-refractivity contribution >= 4 is 33.8 Å². The van der Waals surface area contributed by atoms with Crippen molar-refractivity contribution in [1.82, 2.24) is 14.1 Å². The molecule has 16 heavy (non-hydrogen) atoms. The third-order valence-corrected chi connectivity index (χ3v) is 3.96. The van der Waals surface area contributed by atoms with E-state index in [4.69, 9.17) is 12.2 Å². The largest absolute Gasteiger partial charge is 0.326 e. The van der Waals surface area contributed by atoms with E-state index in [1.165, 1.54) is 4.70 Å². The van der Waals surface area contributed by atoms with Crippen molar-refractivity contribution in [3.05, 3.63) is 41.4 Å². The molecule has 5 heteroatoms. The molecule has 1 aromatic carbocycles. The maximum atomic E-state index is 5.31. The van der Waals surface area contributed by atoms with Gasteiger partial charge in [-0.1, -0.05) is 23.5 Å². The molecular weight excluding hydrogens is 238 g/mol. The summed E-state index contributed by atoms with van der Waals surface area (Å²) in [5.74, 6) is 0. The van der Waals surface area contributed by atoms with Crippen molar-refractivity contribution in [2.75, 3.05) is 0 Å². The minimum absolute atomic E-state index is 0.763. The first-order chi connectivity index (χ1) is 7.75. The molecule has 0 saturated heterocycles. The number of hydrogen-bond donors (Lipinski definition) is 0. The van der Waals surface area contributed by atoms with Crippen molar-refractivity contribution in [1.29, 1.82) is 0 Å². The van der Waals surface area contributed by atoms with Crippen LogP contribution < -0.4 is 0 Å².